The second-order valence-electron chi connectivity index (χ2n) is 6.77. The maximum absolute atomic E-state index is 12.7. The molecule has 1 aromatic heterocycles. The number of hydrogen-bond acceptors (Lipinski definition) is 3. The van der Waals surface area contributed by atoms with E-state index in [1.54, 1.807) is 0 Å². The third-order valence-electron chi connectivity index (χ3n) is 4.25. The number of nitrogens with two attached hydrogens (primary N) is 1. The zero-order valence-corrected chi connectivity index (χ0v) is 16.1. The molecule has 0 aliphatic carbocycles. The lowest BCUT2D eigenvalue weighted by molar-refractivity contribution is 0.0961. The van der Waals surface area contributed by atoms with Crippen molar-refractivity contribution >= 4 is 17.9 Å². The van der Waals surface area contributed by atoms with Crippen LogP contribution in [0.1, 0.15) is 51.3 Å². The number of pyridine rings is 1. The van der Waals surface area contributed by atoms with Crippen LogP contribution in [0.4, 0.5) is 0 Å². The largest absolute Gasteiger partial charge is 0.366 e. The molecule has 0 saturated heterocycles. The zero-order valence-electron chi connectivity index (χ0n) is 16.1. The molecule has 6 nitrogen and oxygen atoms in total. The van der Waals surface area contributed by atoms with Gasteiger partial charge in [0.25, 0.3) is 11.5 Å². The van der Waals surface area contributed by atoms with Crippen LogP contribution in [0.25, 0.3) is 6.08 Å². The normalized spacial score (nSPS) is 11.1. The summed E-state index contributed by atoms with van der Waals surface area (Å²) in [5.41, 5.74) is 7.91. The number of aromatic nitrogens is 1. The van der Waals surface area contributed by atoms with Crippen molar-refractivity contribution in [3.63, 3.8) is 0 Å². The van der Waals surface area contributed by atoms with Gasteiger partial charge in [0.1, 0.15) is 5.56 Å². The van der Waals surface area contributed by atoms with Crippen LogP contribution in [0.2, 0.25) is 0 Å². The van der Waals surface area contributed by atoms with Gasteiger partial charge in [-0.2, -0.15) is 0 Å². The Hall–Kier alpha value is -3.15. The molecule has 3 N–H and O–H groups in total. The summed E-state index contributed by atoms with van der Waals surface area (Å²) in [6, 6.07) is 7.08. The van der Waals surface area contributed by atoms with Gasteiger partial charge in [-0.05, 0) is 35.6 Å². The number of nitrogens with zero attached hydrogens (tertiary/aromatic N) is 1. The van der Waals surface area contributed by atoms with Crippen molar-refractivity contribution in [3.05, 3.63) is 74.7 Å². The van der Waals surface area contributed by atoms with E-state index in [-0.39, 0.29) is 17.7 Å². The molecule has 0 atom stereocenters. The molecule has 0 spiro atoms. The van der Waals surface area contributed by atoms with E-state index in [1.165, 1.54) is 23.9 Å². The molecule has 142 valence electrons. The number of allylic oxidation sites excluding steroid dienone is 1. The van der Waals surface area contributed by atoms with Crippen molar-refractivity contribution in [2.24, 2.45) is 11.7 Å². The third kappa shape index (κ3) is 4.73. The lowest BCUT2D eigenvalue weighted by Gasteiger charge is -2.14. The van der Waals surface area contributed by atoms with E-state index in [4.69, 9.17) is 5.73 Å². The lowest BCUT2D eigenvalue weighted by Crippen LogP contribution is -2.33. The van der Waals surface area contributed by atoms with Gasteiger partial charge in [0.15, 0.2) is 0 Å². The Bertz CT molecular complexity index is 956. The first-order valence-corrected chi connectivity index (χ1v) is 8.77. The van der Waals surface area contributed by atoms with Gasteiger partial charge in [-0.1, -0.05) is 44.2 Å². The van der Waals surface area contributed by atoms with E-state index in [1.807, 2.05) is 31.2 Å². The predicted molar refractivity (Wildman–Crippen MR) is 107 cm³/mol. The van der Waals surface area contributed by atoms with Crippen molar-refractivity contribution in [1.82, 2.24) is 9.88 Å². The van der Waals surface area contributed by atoms with Crippen molar-refractivity contribution in [2.45, 2.75) is 27.3 Å². The highest BCUT2D eigenvalue weighted by Gasteiger charge is 2.16. The molecule has 1 heterocycles. The van der Waals surface area contributed by atoms with Crippen LogP contribution in [0.5, 0.6) is 0 Å². The Morgan fingerprint density at radius 1 is 1.30 bits per heavy atom. The van der Waals surface area contributed by atoms with E-state index < -0.39 is 17.4 Å². The first kappa shape index (κ1) is 20.2. The Morgan fingerprint density at radius 3 is 2.59 bits per heavy atom. The minimum Gasteiger partial charge on any atom is -0.366 e. The fourth-order valence-corrected chi connectivity index (χ4v) is 2.78. The molecule has 27 heavy (non-hydrogen) atoms. The highest BCUT2D eigenvalue weighted by molar-refractivity contribution is 5.98. The highest BCUT2D eigenvalue weighted by atomic mass is 16.2. The van der Waals surface area contributed by atoms with Crippen molar-refractivity contribution in [1.29, 1.82) is 0 Å². The van der Waals surface area contributed by atoms with Crippen molar-refractivity contribution in [2.75, 3.05) is 7.05 Å². The van der Waals surface area contributed by atoms with Crippen LogP contribution in [0, 0.1) is 12.8 Å². The molecule has 2 rings (SSSR count). The van der Waals surface area contributed by atoms with Gasteiger partial charge >= 0.3 is 0 Å². The smallest absolute Gasteiger partial charge is 0.263 e. The lowest BCUT2D eigenvalue weighted by atomic mass is 9.99. The van der Waals surface area contributed by atoms with Crippen molar-refractivity contribution in [3.8, 4) is 0 Å². The van der Waals surface area contributed by atoms with Crippen LogP contribution in [0.15, 0.2) is 41.3 Å². The number of carbonyl (C=O) groups is 2. The highest BCUT2D eigenvalue weighted by Crippen LogP contribution is 2.18. The number of primary amides is 1. The summed E-state index contributed by atoms with van der Waals surface area (Å²) in [6.45, 7) is 6.40. The second kappa shape index (κ2) is 8.49. The van der Waals surface area contributed by atoms with Gasteiger partial charge in [0.2, 0.25) is 5.91 Å². The fourth-order valence-electron chi connectivity index (χ4n) is 2.78. The number of aryl methyl sites for hydroxylation is 1. The van der Waals surface area contributed by atoms with Gasteiger partial charge in [0, 0.05) is 13.2 Å². The monoisotopic (exact) mass is 367 g/mol. The Labute approximate surface area is 158 Å². The topological polar surface area (TPSA) is 94.2 Å². The van der Waals surface area contributed by atoms with E-state index in [0.29, 0.717) is 5.92 Å². The Balaban J connectivity index is 2.60. The average molecular weight is 367 g/mol. The standard InChI is InChI=1S/C21H25N3O3/c1-13(2)8-9-17-14(3)6-5-7-15(17)11-24-12-16(19(22)25)10-18(21(24)27)20(26)23-4/h5-10,12-13H,11H2,1-4H3,(H2,22,25)(H,23,26)/b9-8-. The Morgan fingerprint density at radius 2 is 2.00 bits per heavy atom. The van der Waals surface area contributed by atoms with Gasteiger partial charge < -0.3 is 15.6 Å². The summed E-state index contributed by atoms with van der Waals surface area (Å²) < 4.78 is 1.35. The molecule has 6 heteroatoms. The average Bonchev–Trinajstić information content (AvgIpc) is 2.61. The number of carbonyl (C=O) groups excluding carboxylic acids is 2. The van der Waals surface area contributed by atoms with E-state index >= 15 is 0 Å². The molecule has 1 aromatic carbocycles. The summed E-state index contributed by atoms with van der Waals surface area (Å²) in [5.74, 6) is -0.864. The fraction of sp³-hybridized carbons (Fsp3) is 0.286. The third-order valence-corrected chi connectivity index (χ3v) is 4.25. The maximum Gasteiger partial charge on any atom is 0.263 e. The van der Waals surface area contributed by atoms with Gasteiger partial charge in [0.05, 0.1) is 12.1 Å². The van der Waals surface area contributed by atoms with E-state index in [2.05, 4.69) is 25.2 Å². The number of hydrogen-bond donors (Lipinski definition) is 2. The van der Waals surface area contributed by atoms with Crippen molar-refractivity contribution < 1.29 is 9.59 Å². The molecule has 2 aromatic rings. The van der Waals surface area contributed by atoms with E-state index in [0.717, 1.165) is 16.7 Å². The quantitative estimate of drug-likeness (QED) is 0.820. The molecule has 0 aliphatic rings. The molecular weight excluding hydrogens is 342 g/mol. The number of nitrogens with one attached hydrogen (secondary N) is 1. The van der Waals surface area contributed by atoms with Crippen LogP contribution in [-0.4, -0.2) is 23.4 Å². The van der Waals surface area contributed by atoms with Gasteiger partial charge in [-0.15, -0.1) is 0 Å². The first-order valence-electron chi connectivity index (χ1n) is 8.77. The number of benzene rings is 1. The maximum atomic E-state index is 12.7. The van der Waals surface area contributed by atoms with Crippen LogP contribution in [0.3, 0.4) is 0 Å². The summed E-state index contributed by atoms with van der Waals surface area (Å²) in [7, 11) is 1.43. The minimum absolute atomic E-state index is 0.110. The summed E-state index contributed by atoms with van der Waals surface area (Å²) >= 11 is 0. The first-order chi connectivity index (χ1) is 12.7. The minimum atomic E-state index is -0.696. The second-order valence-corrected chi connectivity index (χ2v) is 6.77. The van der Waals surface area contributed by atoms with Crippen LogP contribution >= 0.6 is 0 Å². The predicted octanol–water partition coefficient (Wildman–Crippen LogP) is 2.33. The van der Waals surface area contributed by atoms with Gasteiger partial charge in [-0.3, -0.25) is 14.4 Å². The molecule has 0 unspecified atom stereocenters. The molecule has 0 radical (unpaired) electrons. The number of amides is 2. The van der Waals surface area contributed by atoms with Crippen LogP contribution in [-0.2, 0) is 6.54 Å². The Kier molecular flexibility index (Phi) is 6.34. The summed E-state index contributed by atoms with van der Waals surface area (Å²) in [6.07, 6.45) is 5.53. The van der Waals surface area contributed by atoms with Gasteiger partial charge in [-0.25, -0.2) is 0 Å². The molecule has 2 amide bonds. The summed E-state index contributed by atoms with van der Waals surface area (Å²) in [5, 5.41) is 2.42. The summed E-state index contributed by atoms with van der Waals surface area (Å²) in [4.78, 5) is 36.4. The molecule has 0 bridgehead atoms. The number of rotatable bonds is 6. The SMILES string of the molecule is CNC(=O)c1cc(C(N)=O)cn(Cc2cccc(C)c2/C=C\C(C)C)c1=O. The molecule has 0 aliphatic heterocycles. The molecule has 0 fully saturated rings. The van der Waals surface area contributed by atoms with E-state index in [9.17, 15) is 14.4 Å². The molecule has 0 saturated carbocycles. The van der Waals surface area contributed by atoms with Crippen LogP contribution < -0.4 is 16.6 Å². The zero-order chi connectivity index (χ0) is 20.1. The molecular formula is C21H25N3O3.